The van der Waals surface area contributed by atoms with Crippen LogP contribution in [0.4, 0.5) is 9.59 Å². The summed E-state index contributed by atoms with van der Waals surface area (Å²) in [7, 11) is 1.66. The number of ether oxygens (including phenoxy) is 3. The molecule has 2 rings (SSSR count). The van der Waals surface area contributed by atoms with E-state index in [1.54, 1.807) is 11.9 Å². The highest BCUT2D eigenvalue weighted by molar-refractivity contribution is 5.70. The molecule has 1 heterocycles. The summed E-state index contributed by atoms with van der Waals surface area (Å²) in [6.45, 7) is 10.1. The Morgan fingerprint density at radius 3 is 2.52 bits per heavy atom. The maximum absolute atomic E-state index is 12.7. The molecule has 1 atom stereocenters. The van der Waals surface area contributed by atoms with Gasteiger partial charge in [-0.1, -0.05) is 30.3 Å². The molecular formula is C22H34N2O5. The van der Waals surface area contributed by atoms with E-state index < -0.39 is 23.5 Å². The third-order valence-corrected chi connectivity index (χ3v) is 4.64. The van der Waals surface area contributed by atoms with Crippen molar-refractivity contribution < 1.29 is 23.8 Å². The monoisotopic (exact) mass is 406 g/mol. The molecule has 2 amide bonds. The Balaban J connectivity index is 1.84. The number of aryl methyl sites for hydroxylation is 1. The Hall–Kier alpha value is -2.28. The second-order valence-electron chi connectivity index (χ2n) is 8.85. The van der Waals surface area contributed by atoms with Crippen molar-refractivity contribution >= 4 is 12.2 Å². The fraction of sp³-hybridized carbons (Fsp3) is 0.636. The molecule has 0 bridgehead atoms. The van der Waals surface area contributed by atoms with Gasteiger partial charge in [-0.3, -0.25) is 4.90 Å². The van der Waals surface area contributed by atoms with E-state index in [0.29, 0.717) is 19.8 Å². The number of hydrogen-bond acceptors (Lipinski definition) is 5. The van der Waals surface area contributed by atoms with Crippen LogP contribution in [0.25, 0.3) is 0 Å². The second-order valence-corrected chi connectivity index (χ2v) is 8.85. The summed E-state index contributed by atoms with van der Waals surface area (Å²) in [6.07, 6.45) is 0.754. The first-order valence-corrected chi connectivity index (χ1v) is 10.1. The number of hydrogen-bond donors (Lipinski definition) is 0. The molecule has 7 nitrogen and oxygen atoms in total. The molecule has 1 fully saturated rings. The van der Waals surface area contributed by atoms with Gasteiger partial charge < -0.3 is 19.1 Å². The molecule has 1 aromatic carbocycles. The maximum atomic E-state index is 12.7. The number of amides is 2. The van der Waals surface area contributed by atoms with Crippen molar-refractivity contribution in [2.45, 2.75) is 64.8 Å². The van der Waals surface area contributed by atoms with Crippen molar-refractivity contribution in [2.24, 2.45) is 0 Å². The van der Waals surface area contributed by atoms with E-state index in [0.717, 1.165) is 12.8 Å². The first-order chi connectivity index (χ1) is 13.5. The molecule has 1 saturated heterocycles. The lowest BCUT2D eigenvalue weighted by Gasteiger charge is -2.36. The lowest BCUT2D eigenvalue weighted by molar-refractivity contribution is -0.0631. The topological polar surface area (TPSA) is 68.3 Å². The van der Waals surface area contributed by atoms with Crippen LogP contribution in [0.1, 0.15) is 46.6 Å². The first kappa shape index (κ1) is 23.0. The van der Waals surface area contributed by atoms with Gasteiger partial charge in [-0.25, -0.2) is 9.59 Å². The Morgan fingerprint density at radius 2 is 1.90 bits per heavy atom. The molecule has 1 aromatic rings. The van der Waals surface area contributed by atoms with E-state index in [9.17, 15) is 9.59 Å². The Morgan fingerprint density at radius 1 is 1.24 bits per heavy atom. The number of carbonyl (C=O) groups is 2. The molecule has 0 N–H and O–H groups in total. The molecule has 0 spiro atoms. The summed E-state index contributed by atoms with van der Waals surface area (Å²) >= 11 is 0. The van der Waals surface area contributed by atoms with Gasteiger partial charge in [-0.15, -0.1) is 0 Å². The quantitative estimate of drug-likeness (QED) is 0.667. The predicted octanol–water partition coefficient (Wildman–Crippen LogP) is 4.06. The van der Waals surface area contributed by atoms with E-state index in [4.69, 9.17) is 14.2 Å². The maximum Gasteiger partial charge on any atom is 0.412 e. The molecule has 0 aromatic heterocycles. The molecule has 7 heteroatoms. The fourth-order valence-corrected chi connectivity index (χ4v) is 3.28. The minimum atomic E-state index is -0.798. The van der Waals surface area contributed by atoms with Crippen molar-refractivity contribution in [3.05, 3.63) is 35.9 Å². The summed E-state index contributed by atoms with van der Waals surface area (Å²) in [5.41, 5.74) is -0.188. The minimum Gasteiger partial charge on any atom is -0.449 e. The summed E-state index contributed by atoms with van der Waals surface area (Å²) in [5, 5.41) is 0. The molecule has 0 aliphatic carbocycles. The van der Waals surface area contributed by atoms with Crippen LogP contribution >= 0.6 is 0 Å². The number of rotatable bonds is 6. The van der Waals surface area contributed by atoms with Crippen LogP contribution in [0.5, 0.6) is 0 Å². The normalized spacial score (nSPS) is 18.4. The van der Waals surface area contributed by atoms with Crippen LogP contribution in [0.2, 0.25) is 0 Å². The van der Waals surface area contributed by atoms with Gasteiger partial charge in [0.1, 0.15) is 11.3 Å². The molecule has 0 radical (unpaired) electrons. The van der Waals surface area contributed by atoms with Gasteiger partial charge in [0.2, 0.25) is 0 Å². The molecule has 162 valence electrons. The smallest absolute Gasteiger partial charge is 0.412 e. The summed E-state index contributed by atoms with van der Waals surface area (Å²) in [6, 6.07) is 9.78. The van der Waals surface area contributed by atoms with Gasteiger partial charge in [-0.05, 0) is 53.0 Å². The number of likely N-dealkylation sites (N-methyl/N-ethyl adjacent to an activating group) is 1. The number of carbonyl (C=O) groups excluding carboxylic acids is 2. The van der Waals surface area contributed by atoms with Crippen LogP contribution in [0, 0.1) is 0 Å². The average Bonchev–Trinajstić information content (AvgIpc) is 2.92. The first-order valence-electron chi connectivity index (χ1n) is 10.1. The van der Waals surface area contributed by atoms with E-state index in [2.05, 4.69) is 12.1 Å². The lowest BCUT2D eigenvalue weighted by atomic mass is 10.1. The number of nitrogens with zero attached hydrogens (tertiary/aromatic N) is 2. The highest BCUT2D eigenvalue weighted by Crippen LogP contribution is 2.29. The highest BCUT2D eigenvalue weighted by atomic mass is 16.6. The zero-order chi connectivity index (χ0) is 21.7. The van der Waals surface area contributed by atoms with Crippen LogP contribution in [0.3, 0.4) is 0 Å². The largest absolute Gasteiger partial charge is 0.449 e. The van der Waals surface area contributed by atoms with Crippen LogP contribution in [0.15, 0.2) is 30.3 Å². The molecular weight excluding hydrogens is 372 g/mol. The van der Waals surface area contributed by atoms with Crippen molar-refractivity contribution in [3.8, 4) is 0 Å². The van der Waals surface area contributed by atoms with Crippen molar-refractivity contribution in [1.29, 1.82) is 0 Å². The van der Waals surface area contributed by atoms with E-state index in [1.807, 2.05) is 52.8 Å². The average molecular weight is 407 g/mol. The van der Waals surface area contributed by atoms with E-state index in [1.165, 1.54) is 10.5 Å². The standard InChI is InChI=1S/C22H34N2O5/c1-21(2,3)29-20(26)24-18(16-28-22(24,4)5)15-23(6)19(25)27-14-10-13-17-11-8-7-9-12-17/h7-9,11-12,18H,10,13-16H2,1-6H3/t18-/m0/s1. The van der Waals surface area contributed by atoms with E-state index >= 15 is 0 Å². The summed E-state index contributed by atoms with van der Waals surface area (Å²) in [4.78, 5) is 28.1. The SMILES string of the molecule is CN(C[C@H]1COC(C)(C)N1C(=O)OC(C)(C)C)C(=O)OCCCc1ccccc1. The zero-order valence-electron chi connectivity index (χ0n) is 18.4. The van der Waals surface area contributed by atoms with Gasteiger partial charge in [-0.2, -0.15) is 0 Å². The van der Waals surface area contributed by atoms with Gasteiger partial charge in [0.25, 0.3) is 0 Å². The summed E-state index contributed by atoms with van der Waals surface area (Å²) < 4.78 is 16.7. The predicted molar refractivity (Wildman–Crippen MR) is 111 cm³/mol. The third kappa shape index (κ3) is 6.92. The van der Waals surface area contributed by atoms with Crippen LogP contribution < -0.4 is 0 Å². The molecule has 0 saturated carbocycles. The van der Waals surface area contributed by atoms with Crippen LogP contribution in [-0.4, -0.2) is 66.2 Å². The number of benzene rings is 1. The van der Waals surface area contributed by atoms with Crippen molar-refractivity contribution in [3.63, 3.8) is 0 Å². The fourth-order valence-electron chi connectivity index (χ4n) is 3.28. The van der Waals surface area contributed by atoms with Gasteiger partial charge in [0.05, 0.1) is 19.3 Å². The van der Waals surface area contributed by atoms with Gasteiger partial charge in [0, 0.05) is 13.6 Å². The molecule has 29 heavy (non-hydrogen) atoms. The van der Waals surface area contributed by atoms with Crippen LogP contribution in [-0.2, 0) is 20.6 Å². The third-order valence-electron chi connectivity index (χ3n) is 4.64. The Bertz CT molecular complexity index is 684. The zero-order valence-corrected chi connectivity index (χ0v) is 18.4. The Labute approximate surface area is 173 Å². The molecule has 0 unspecified atom stereocenters. The van der Waals surface area contributed by atoms with Gasteiger partial charge in [0.15, 0.2) is 0 Å². The highest BCUT2D eigenvalue weighted by Gasteiger charge is 2.46. The van der Waals surface area contributed by atoms with E-state index in [-0.39, 0.29) is 6.04 Å². The van der Waals surface area contributed by atoms with Crippen molar-refractivity contribution in [2.75, 3.05) is 26.8 Å². The van der Waals surface area contributed by atoms with Crippen molar-refractivity contribution in [1.82, 2.24) is 9.80 Å². The minimum absolute atomic E-state index is 0.304. The molecule has 1 aliphatic rings. The molecule has 1 aliphatic heterocycles. The summed E-state index contributed by atoms with van der Waals surface area (Å²) in [5.74, 6) is 0. The van der Waals surface area contributed by atoms with Gasteiger partial charge >= 0.3 is 12.2 Å². The lowest BCUT2D eigenvalue weighted by Crippen LogP contribution is -2.53. The second kappa shape index (κ2) is 9.48. The Kier molecular flexibility index (Phi) is 7.52.